The molecule has 0 atom stereocenters. The molecule has 0 unspecified atom stereocenters. The molecule has 1 N–H and O–H groups in total. The lowest BCUT2D eigenvalue weighted by Gasteiger charge is -2.34. The first kappa shape index (κ1) is 15.8. The Labute approximate surface area is 127 Å². The highest BCUT2D eigenvalue weighted by Gasteiger charge is 2.34. The van der Waals surface area contributed by atoms with E-state index in [0.29, 0.717) is 5.92 Å². The van der Waals surface area contributed by atoms with E-state index in [9.17, 15) is 4.79 Å². The van der Waals surface area contributed by atoms with Gasteiger partial charge in [0.1, 0.15) is 5.75 Å². The van der Waals surface area contributed by atoms with Crippen LogP contribution in [0.2, 0.25) is 0 Å². The van der Waals surface area contributed by atoms with E-state index < -0.39 is 5.60 Å². The summed E-state index contributed by atoms with van der Waals surface area (Å²) in [6.45, 7) is 11.2. The molecule has 0 bridgehead atoms. The van der Waals surface area contributed by atoms with Crippen LogP contribution in [0, 0.1) is 0 Å². The topological polar surface area (TPSA) is 41.6 Å². The van der Waals surface area contributed by atoms with Crippen LogP contribution in [-0.4, -0.2) is 42.6 Å². The zero-order valence-electron chi connectivity index (χ0n) is 13.5. The van der Waals surface area contributed by atoms with Crippen molar-refractivity contribution in [3.05, 3.63) is 29.8 Å². The smallest absolute Gasteiger partial charge is 0.266 e. The fraction of sp³-hybridized carbons (Fsp3) is 0.588. The molecule has 0 saturated carbocycles. The summed E-state index contributed by atoms with van der Waals surface area (Å²) in [6.07, 6.45) is 0. The number of nitrogens with one attached hydrogen (secondary N) is 1. The molecule has 1 heterocycles. The Hall–Kier alpha value is -1.55. The quantitative estimate of drug-likeness (QED) is 0.926. The minimum Gasteiger partial charge on any atom is -0.478 e. The van der Waals surface area contributed by atoms with Gasteiger partial charge in [-0.05, 0) is 37.5 Å². The molecule has 2 rings (SSSR count). The highest BCUT2D eigenvalue weighted by Crippen LogP contribution is 2.23. The Balaban J connectivity index is 2.03. The molecule has 0 spiro atoms. The van der Waals surface area contributed by atoms with Crippen LogP contribution < -0.4 is 10.1 Å². The maximum absolute atomic E-state index is 12.6. The lowest BCUT2D eigenvalue weighted by molar-refractivity contribution is -0.146. The fourth-order valence-electron chi connectivity index (χ4n) is 2.51. The number of carbonyl (C=O) groups is 1. The number of amides is 1. The van der Waals surface area contributed by atoms with Crippen molar-refractivity contribution < 1.29 is 9.53 Å². The number of hydrogen-bond acceptors (Lipinski definition) is 3. The summed E-state index contributed by atoms with van der Waals surface area (Å²) in [4.78, 5) is 14.4. The van der Waals surface area contributed by atoms with E-state index in [2.05, 4.69) is 31.3 Å². The van der Waals surface area contributed by atoms with Crippen molar-refractivity contribution in [2.75, 3.05) is 26.2 Å². The standard InChI is InChI=1S/C17H26N2O2/c1-13(2)14-5-7-15(8-6-14)21-17(3,4)16(20)19-11-9-18-10-12-19/h5-8,13,18H,9-12H2,1-4H3. The number of nitrogens with zero attached hydrogens (tertiary/aromatic N) is 1. The van der Waals surface area contributed by atoms with Crippen molar-refractivity contribution in [3.63, 3.8) is 0 Å². The average molecular weight is 290 g/mol. The number of hydrogen-bond donors (Lipinski definition) is 1. The predicted molar refractivity (Wildman–Crippen MR) is 84.7 cm³/mol. The largest absolute Gasteiger partial charge is 0.478 e. The minimum atomic E-state index is -0.837. The van der Waals surface area contributed by atoms with Crippen molar-refractivity contribution in [3.8, 4) is 5.75 Å². The first-order valence-electron chi connectivity index (χ1n) is 7.69. The van der Waals surface area contributed by atoms with Gasteiger partial charge in [-0.1, -0.05) is 26.0 Å². The summed E-state index contributed by atoms with van der Waals surface area (Å²) < 4.78 is 5.94. The molecule has 116 valence electrons. The van der Waals surface area contributed by atoms with E-state index in [0.717, 1.165) is 31.9 Å². The Kier molecular flexibility index (Phi) is 4.88. The zero-order chi connectivity index (χ0) is 15.5. The fourth-order valence-corrected chi connectivity index (χ4v) is 2.51. The maximum atomic E-state index is 12.6. The van der Waals surface area contributed by atoms with Gasteiger partial charge in [0.25, 0.3) is 5.91 Å². The summed E-state index contributed by atoms with van der Waals surface area (Å²) in [7, 11) is 0. The monoisotopic (exact) mass is 290 g/mol. The van der Waals surface area contributed by atoms with Crippen LogP contribution in [0.4, 0.5) is 0 Å². The lowest BCUT2D eigenvalue weighted by atomic mass is 10.0. The van der Waals surface area contributed by atoms with Gasteiger partial charge in [0.05, 0.1) is 0 Å². The van der Waals surface area contributed by atoms with Crippen LogP contribution in [0.15, 0.2) is 24.3 Å². The number of benzene rings is 1. The molecule has 4 heteroatoms. The Morgan fingerprint density at radius 3 is 2.29 bits per heavy atom. The highest BCUT2D eigenvalue weighted by molar-refractivity contribution is 5.85. The van der Waals surface area contributed by atoms with Gasteiger partial charge >= 0.3 is 0 Å². The summed E-state index contributed by atoms with van der Waals surface area (Å²) in [5, 5.41) is 3.25. The molecule has 0 radical (unpaired) electrons. The number of carbonyl (C=O) groups excluding carboxylic acids is 1. The minimum absolute atomic E-state index is 0.0527. The van der Waals surface area contributed by atoms with Gasteiger partial charge in [0.15, 0.2) is 5.60 Å². The Morgan fingerprint density at radius 2 is 1.76 bits per heavy atom. The zero-order valence-corrected chi connectivity index (χ0v) is 13.5. The van der Waals surface area contributed by atoms with Crippen molar-refractivity contribution >= 4 is 5.91 Å². The van der Waals surface area contributed by atoms with E-state index in [1.807, 2.05) is 30.9 Å². The summed E-state index contributed by atoms with van der Waals surface area (Å²) in [5.74, 6) is 1.29. The molecule has 1 aromatic rings. The van der Waals surface area contributed by atoms with E-state index >= 15 is 0 Å². The van der Waals surface area contributed by atoms with E-state index in [4.69, 9.17) is 4.74 Å². The molecule has 1 amide bonds. The van der Waals surface area contributed by atoms with Crippen LogP contribution in [-0.2, 0) is 4.79 Å². The van der Waals surface area contributed by atoms with Crippen LogP contribution in [0.25, 0.3) is 0 Å². The van der Waals surface area contributed by atoms with E-state index in [1.165, 1.54) is 5.56 Å². The second-order valence-corrected chi connectivity index (χ2v) is 6.38. The van der Waals surface area contributed by atoms with Gasteiger partial charge in [-0.3, -0.25) is 4.79 Å². The second-order valence-electron chi connectivity index (χ2n) is 6.38. The molecular weight excluding hydrogens is 264 g/mol. The van der Waals surface area contributed by atoms with Crippen LogP contribution in [0.3, 0.4) is 0 Å². The number of piperazine rings is 1. The van der Waals surface area contributed by atoms with Gasteiger partial charge in [0, 0.05) is 26.2 Å². The van der Waals surface area contributed by atoms with Gasteiger partial charge in [-0.15, -0.1) is 0 Å². The first-order valence-corrected chi connectivity index (χ1v) is 7.69. The lowest BCUT2D eigenvalue weighted by Crippen LogP contribution is -2.54. The highest BCUT2D eigenvalue weighted by atomic mass is 16.5. The van der Waals surface area contributed by atoms with Crippen molar-refractivity contribution in [1.82, 2.24) is 10.2 Å². The van der Waals surface area contributed by atoms with Crippen LogP contribution in [0.5, 0.6) is 5.75 Å². The molecule has 1 fully saturated rings. The van der Waals surface area contributed by atoms with E-state index in [1.54, 1.807) is 0 Å². The van der Waals surface area contributed by atoms with Gasteiger partial charge < -0.3 is 15.0 Å². The number of ether oxygens (including phenoxy) is 1. The SMILES string of the molecule is CC(C)c1ccc(OC(C)(C)C(=O)N2CCNCC2)cc1. The third kappa shape index (κ3) is 3.97. The Bertz CT molecular complexity index is 474. The van der Waals surface area contributed by atoms with Crippen molar-refractivity contribution in [1.29, 1.82) is 0 Å². The summed E-state index contributed by atoms with van der Waals surface area (Å²) in [5.41, 5.74) is 0.435. The van der Waals surface area contributed by atoms with Gasteiger partial charge in [0.2, 0.25) is 0 Å². The molecule has 0 aromatic heterocycles. The third-order valence-electron chi connectivity index (χ3n) is 3.84. The normalized spacial score (nSPS) is 16.1. The molecule has 4 nitrogen and oxygen atoms in total. The predicted octanol–water partition coefficient (Wildman–Crippen LogP) is 2.40. The van der Waals surface area contributed by atoms with Crippen molar-refractivity contribution in [2.24, 2.45) is 0 Å². The molecule has 1 saturated heterocycles. The molecule has 1 aromatic carbocycles. The maximum Gasteiger partial charge on any atom is 0.266 e. The van der Waals surface area contributed by atoms with Crippen LogP contribution in [0.1, 0.15) is 39.2 Å². The molecule has 0 aliphatic carbocycles. The molecule has 1 aliphatic heterocycles. The second kappa shape index (κ2) is 6.48. The molecule has 21 heavy (non-hydrogen) atoms. The summed E-state index contributed by atoms with van der Waals surface area (Å²) >= 11 is 0. The molecular formula is C17H26N2O2. The third-order valence-corrected chi connectivity index (χ3v) is 3.84. The van der Waals surface area contributed by atoms with Crippen LogP contribution >= 0.6 is 0 Å². The average Bonchev–Trinajstić information content (AvgIpc) is 2.47. The van der Waals surface area contributed by atoms with Crippen molar-refractivity contribution in [2.45, 2.75) is 39.2 Å². The Morgan fingerprint density at radius 1 is 1.19 bits per heavy atom. The first-order chi connectivity index (χ1) is 9.90. The van der Waals surface area contributed by atoms with E-state index in [-0.39, 0.29) is 5.91 Å². The summed E-state index contributed by atoms with van der Waals surface area (Å²) in [6, 6.07) is 8.01. The van der Waals surface area contributed by atoms with Gasteiger partial charge in [-0.2, -0.15) is 0 Å². The van der Waals surface area contributed by atoms with Gasteiger partial charge in [-0.25, -0.2) is 0 Å². The molecule has 1 aliphatic rings. The number of rotatable bonds is 4.